The van der Waals surface area contributed by atoms with Gasteiger partial charge in [0.15, 0.2) is 0 Å². The molecule has 1 heterocycles. The zero-order chi connectivity index (χ0) is 20.0. The fourth-order valence-corrected chi connectivity index (χ4v) is 4.10. The van der Waals surface area contributed by atoms with Gasteiger partial charge in [-0.3, -0.25) is 9.69 Å². The minimum absolute atomic E-state index is 0.178. The van der Waals surface area contributed by atoms with Crippen molar-refractivity contribution in [3.8, 4) is 0 Å². The highest BCUT2D eigenvalue weighted by Crippen LogP contribution is 2.35. The van der Waals surface area contributed by atoms with Crippen LogP contribution in [0.4, 0.5) is 4.79 Å². The van der Waals surface area contributed by atoms with Gasteiger partial charge in [0.1, 0.15) is 6.04 Å². The van der Waals surface area contributed by atoms with E-state index in [-0.39, 0.29) is 18.3 Å². The predicted octanol–water partition coefficient (Wildman–Crippen LogP) is 3.80. The van der Waals surface area contributed by atoms with Crippen molar-refractivity contribution in [2.75, 3.05) is 6.54 Å². The van der Waals surface area contributed by atoms with Crippen LogP contribution in [0.25, 0.3) is 0 Å². The molecular weight excluding hydrogens is 350 g/mol. The van der Waals surface area contributed by atoms with Crippen LogP contribution in [0.3, 0.4) is 0 Å². The Hall–Kier alpha value is -1.79. The number of carboxylic acid groups (broad SMARTS) is 1. The van der Waals surface area contributed by atoms with Gasteiger partial charge in [0, 0.05) is 18.9 Å². The lowest BCUT2D eigenvalue weighted by Gasteiger charge is -2.27. The molecule has 27 heavy (non-hydrogen) atoms. The summed E-state index contributed by atoms with van der Waals surface area (Å²) in [6.45, 7) is 5.62. The van der Waals surface area contributed by atoms with Crippen molar-refractivity contribution in [1.82, 2.24) is 4.90 Å². The maximum atomic E-state index is 12.6. The Morgan fingerprint density at radius 2 is 1.74 bits per heavy atom. The molecule has 7 nitrogen and oxygen atoms in total. The van der Waals surface area contributed by atoms with Gasteiger partial charge >= 0.3 is 18.0 Å². The maximum absolute atomic E-state index is 12.6. The lowest BCUT2D eigenvalue weighted by molar-refractivity contribution is -0.177. The van der Waals surface area contributed by atoms with Crippen molar-refractivity contribution in [1.29, 1.82) is 0 Å². The molecule has 7 heteroatoms. The average molecular weight is 383 g/mol. The van der Waals surface area contributed by atoms with E-state index < -0.39 is 30.4 Å². The summed E-state index contributed by atoms with van der Waals surface area (Å²) in [5.74, 6) is -0.869. The molecule has 0 aromatic rings. The van der Waals surface area contributed by atoms with Crippen LogP contribution >= 0.6 is 0 Å². The van der Waals surface area contributed by atoms with Crippen molar-refractivity contribution in [3.63, 3.8) is 0 Å². The topological polar surface area (TPSA) is 93.1 Å². The number of hydrogen-bond donors (Lipinski definition) is 1. The van der Waals surface area contributed by atoms with Gasteiger partial charge in [0.2, 0.25) is 0 Å². The third-order valence-electron chi connectivity index (χ3n) is 5.60. The van der Waals surface area contributed by atoms with Crippen molar-refractivity contribution in [2.45, 2.75) is 84.5 Å². The number of carbonyl (C=O) groups excluding carboxylic acids is 2. The zero-order valence-electron chi connectivity index (χ0n) is 16.7. The molecule has 0 spiro atoms. The fourth-order valence-electron chi connectivity index (χ4n) is 4.10. The van der Waals surface area contributed by atoms with Crippen molar-refractivity contribution in [3.05, 3.63) is 0 Å². The Bertz CT molecular complexity index is 529. The van der Waals surface area contributed by atoms with E-state index in [1.807, 2.05) is 0 Å². The molecular formula is C20H33NO6. The van der Waals surface area contributed by atoms with Crippen LogP contribution in [0.2, 0.25) is 0 Å². The van der Waals surface area contributed by atoms with Crippen LogP contribution in [0.5, 0.6) is 0 Å². The maximum Gasteiger partial charge on any atom is 0.413 e. The quantitative estimate of drug-likeness (QED) is 0.531. The van der Waals surface area contributed by atoms with Crippen LogP contribution < -0.4 is 0 Å². The molecule has 2 fully saturated rings. The highest BCUT2D eigenvalue weighted by Gasteiger charge is 2.42. The molecule has 0 aromatic carbocycles. The molecule has 0 bridgehead atoms. The second-order valence-electron chi connectivity index (χ2n) is 8.19. The third kappa shape index (κ3) is 6.11. The SMILES string of the molecule is CCC(=O)O[C@H](OC(=O)N1C[C@@H](CC2CCCCC2)C[C@H]1C(=O)O)C(C)C. The number of nitrogens with zero attached hydrogens (tertiary/aromatic N) is 1. The van der Waals surface area contributed by atoms with Crippen LogP contribution in [-0.2, 0) is 19.1 Å². The van der Waals surface area contributed by atoms with Crippen LogP contribution in [-0.4, -0.2) is 46.9 Å². The monoisotopic (exact) mass is 383 g/mol. The first-order valence-electron chi connectivity index (χ1n) is 10.2. The molecule has 1 aliphatic carbocycles. The molecule has 1 saturated heterocycles. The third-order valence-corrected chi connectivity index (χ3v) is 5.60. The van der Waals surface area contributed by atoms with E-state index in [4.69, 9.17) is 9.47 Å². The molecule has 2 aliphatic rings. The number of amides is 1. The Morgan fingerprint density at radius 1 is 1.07 bits per heavy atom. The molecule has 0 aromatic heterocycles. The molecule has 2 rings (SSSR count). The molecule has 1 saturated carbocycles. The standard InChI is InChI=1S/C20H33NO6/c1-4-17(22)26-19(13(2)3)27-20(25)21-12-15(11-16(21)18(23)24)10-14-8-6-5-7-9-14/h13-16,19H,4-12H2,1-3H3,(H,23,24)/t15-,16-,19+/m0/s1. The Morgan fingerprint density at radius 3 is 2.30 bits per heavy atom. The molecule has 0 radical (unpaired) electrons. The minimum Gasteiger partial charge on any atom is -0.480 e. The van der Waals surface area contributed by atoms with E-state index in [0.29, 0.717) is 18.9 Å². The molecule has 3 atom stereocenters. The highest BCUT2D eigenvalue weighted by molar-refractivity contribution is 5.81. The number of aliphatic carboxylic acids is 1. The summed E-state index contributed by atoms with van der Waals surface area (Å²) in [6, 6.07) is -0.874. The van der Waals surface area contributed by atoms with E-state index in [9.17, 15) is 19.5 Å². The number of carbonyl (C=O) groups is 3. The number of carboxylic acids is 1. The molecule has 1 N–H and O–H groups in total. The summed E-state index contributed by atoms with van der Waals surface area (Å²) in [5, 5.41) is 9.55. The first-order chi connectivity index (χ1) is 12.8. The largest absolute Gasteiger partial charge is 0.480 e. The molecule has 1 aliphatic heterocycles. The van der Waals surface area contributed by atoms with Gasteiger partial charge in [-0.25, -0.2) is 9.59 Å². The van der Waals surface area contributed by atoms with E-state index in [1.165, 1.54) is 37.0 Å². The van der Waals surface area contributed by atoms with E-state index in [0.717, 1.165) is 6.42 Å². The van der Waals surface area contributed by atoms with Gasteiger partial charge in [0.25, 0.3) is 6.29 Å². The normalized spacial score (nSPS) is 24.7. The minimum atomic E-state index is -1.01. The lowest BCUT2D eigenvalue weighted by Crippen LogP contribution is -2.43. The number of esters is 1. The summed E-state index contributed by atoms with van der Waals surface area (Å²) in [5.41, 5.74) is 0. The van der Waals surface area contributed by atoms with Crippen LogP contribution in [0.15, 0.2) is 0 Å². The average Bonchev–Trinajstić information content (AvgIpc) is 3.06. The summed E-state index contributed by atoms with van der Waals surface area (Å²) in [4.78, 5) is 37.1. The Labute approximate surface area is 161 Å². The Balaban J connectivity index is 1.98. The molecule has 1 amide bonds. The number of likely N-dealkylation sites (tertiary alicyclic amines) is 1. The second-order valence-corrected chi connectivity index (χ2v) is 8.19. The van der Waals surface area contributed by atoms with E-state index >= 15 is 0 Å². The predicted molar refractivity (Wildman–Crippen MR) is 98.9 cm³/mol. The van der Waals surface area contributed by atoms with Crippen molar-refractivity contribution >= 4 is 18.0 Å². The first-order valence-corrected chi connectivity index (χ1v) is 10.2. The first kappa shape index (κ1) is 21.5. The van der Waals surface area contributed by atoms with Crippen molar-refractivity contribution in [2.24, 2.45) is 17.8 Å². The number of hydrogen-bond acceptors (Lipinski definition) is 5. The summed E-state index contributed by atoms with van der Waals surface area (Å²) >= 11 is 0. The zero-order valence-corrected chi connectivity index (χ0v) is 16.7. The van der Waals surface area contributed by atoms with Crippen molar-refractivity contribution < 1.29 is 29.0 Å². The van der Waals surface area contributed by atoms with Gasteiger partial charge in [-0.05, 0) is 24.7 Å². The van der Waals surface area contributed by atoms with Crippen LogP contribution in [0, 0.1) is 17.8 Å². The Kier molecular flexibility index (Phi) is 7.92. The number of rotatable bonds is 7. The highest BCUT2D eigenvalue weighted by atomic mass is 16.7. The molecule has 154 valence electrons. The fraction of sp³-hybridized carbons (Fsp3) is 0.850. The van der Waals surface area contributed by atoms with Gasteiger partial charge in [-0.2, -0.15) is 0 Å². The van der Waals surface area contributed by atoms with Gasteiger partial charge in [-0.15, -0.1) is 0 Å². The van der Waals surface area contributed by atoms with E-state index in [1.54, 1.807) is 20.8 Å². The number of ether oxygens (including phenoxy) is 2. The second kappa shape index (κ2) is 9.95. The summed E-state index contributed by atoms with van der Waals surface area (Å²) in [7, 11) is 0. The summed E-state index contributed by atoms with van der Waals surface area (Å²) in [6.07, 6.45) is 6.05. The summed E-state index contributed by atoms with van der Waals surface area (Å²) < 4.78 is 10.5. The van der Waals surface area contributed by atoms with E-state index in [2.05, 4.69) is 0 Å². The van der Waals surface area contributed by atoms with Crippen LogP contribution in [0.1, 0.15) is 72.1 Å². The molecule has 0 unspecified atom stereocenters. The lowest BCUT2D eigenvalue weighted by atomic mass is 9.82. The smallest absolute Gasteiger partial charge is 0.413 e. The van der Waals surface area contributed by atoms with Gasteiger partial charge in [-0.1, -0.05) is 52.9 Å². The van der Waals surface area contributed by atoms with Gasteiger partial charge < -0.3 is 14.6 Å². The van der Waals surface area contributed by atoms with Gasteiger partial charge in [0.05, 0.1) is 0 Å².